The van der Waals surface area contributed by atoms with E-state index in [-0.39, 0.29) is 18.3 Å². The van der Waals surface area contributed by atoms with E-state index in [1.165, 1.54) is 11.3 Å². The van der Waals surface area contributed by atoms with Crippen molar-refractivity contribution in [3.63, 3.8) is 0 Å². The molecule has 0 fully saturated rings. The molecule has 9 nitrogen and oxygen atoms in total. The Kier molecular flexibility index (Phi) is 10.3. The van der Waals surface area contributed by atoms with Crippen LogP contribution in [0, 0.1) is 0 Å². The highest BCUT2D eigenvalue weighted by molar-refractivity contribution is 7.07. The normalized spacial score (nSPS) is 14.5. The van der Waals surface area contributed by atoms with E-state index in [1.54, 1.807) is 43.7 Å². The van der Waals surface area contributed by atoms with Gasteiger partial charge in [-0.3, -0.25) is 9.36 Å². The molecular weight excluding hydrogens is 604 g/mol. The smallest absolute Gasteiger partial charge is 0.338 e. The topological polar surface area (TPSA) is 97.6 Å². The lowest BCUT2D eigenvalue weighted by molar-refractivity contribution is -0.139. The van der Waals surface area contributed by atoms with E-state index in [0.29, 0.717) is 62.4 Å². The van der Waals surface area contributed by atoms with Gasteiger partial charge in [-0.25, -0.2) is 9.79 Å². The Bertz CT molecular complexity index is 1930. The number of methoxy groups -OCH3 is 1. The van der Waals surface area contributed by atoms with Crippen molar-refractivity contribution in [1.82, 2.24) is 4.57 Å². The fraction of sp³-hybridized carbons (Fsp3) is 0.306. The lowest BCUT2D eigenvalue weighted by atomic mass is 9.95. The van der Waals surface area contributed by atoms with Gasteiger partial charge in [0.05, 0.1) is 48.3 Å². The molecule has 4 aromatic rings. The molecule has 0 spiro atoms. The summed E-state index contributed by atoms with van der Waals surface area (Å²) in [5.41, 5.74) is 2.95. The molecule has 10 heteroatoms. The third kappa shape index (κ3) is 7.02. The van der Waals surface area contributed by atoms with Crippen molar-refractivity contribution in [3.8, 4) is 23.0 Å². The van der Waals surface area contributed by atoms with E-state index in [0.717, 1.165) is 11.1 Å². The molecule has 1 atom stereocenters. The van der Waals surface area contributed by atoms with Crippen LogP contribution < -0.4 is 33.8 Å². The Morgan fingerprint density at radius 2 is 1.72 bits per heavy atom. The summed E-state index contributed by atoms with van der Waals surface area (Å²) in [6, 6.07) is 20.1. The maximum Gasteiger partial charge on any atom is 0.338 e. The minimum absolute atomic E-state index is 0.0672. The molecule has 46 heavy (non-hydrogen) atoms. The first kappa shape index (κ1) is 32.6. The van der Waals surface area contributed by atoms with Gasteiger partial charge in [-0.1, -0.05) is 53.8 Å². The Labute approximate surface area is 272 Å². The summed E-state index contributed by atoms with van der Waals surface area (Å²) >= 11 is 1.25. The number of rotatable bonds is 12. The van der Waals surface area contributed by atoms with E-state index in [4.69, 9.17) is 23.7 Å². The summed E-state index contributed by atoms with van der Waals surface area (Å²) in [6.07, 6.45) is 1.73. The maximum absolute atomic E-state index is 14.1. The van der Waals surface area contributed by atoms with Gasteiger partial charge >= 0.3 is 5.97 Å². The minimum atomic E-state index is -0.785. The van der Waals surface area contributed by atoms with Gasteiger partial charge in [0, 0.05) is 0 Å². The molecule has 0 N–H and O–H groups in total. The van der Waals surface area contributed by atoms with Crippen LogP contribution in [0.1, 0.15) is 57.4 Å². The number of carbonyl (C=O) groups is 1. The second-order valence-electron chi connectivity index (χ2n) is 10.8. The fourth-order valence-electron chi connectivity index (χ4n) is 5.20. The zero-order valence-corrected chi connectivity index (χ0v) is 27.7. The molecule has 1 aliphatic rings. The van der Waals surface area contributed by atoms with Gasteiger partial charge in [0.15, 0.2) is 27.8 Å². The van der Waals surface area contributed by atoms with Crippen LogP contribution in [0.15, 0.2) is 87.8 Å². The van der Waals surface area contributed by atoms with Crippen molar-refractivity contribution in [2.45, 2.75) is 53.4 Å². The van der Waals surface area contributed by atoms with Gasteiger partial charge in [0.25, 0.3) is 5.56 Å². The maximum atomic E-state index is 14.1. The highest BCUT2D eigenvalue weighted by Gasteiger charge is 2.34. The molecule has 240 valence electrons. The summed E-state index contributed by atoms with van der Waals surface area (Å²) in [5, 5.41) is 0. The minimum Gasteiger partial charge on any atom is -0.493 e. The van der Waals surface area contributed by atoms with Gasteiger partial charge in [-0.15, -0.1) is 0 Å². The Morgan fingerprint density at radius 3 is 2.41 bits per heavy atom. The standard InChI is InChI=1S/C36H38N2O7S/c1-7-42-30-18-25(14-16-27(30)44-21-24-12-10-9-11-13-24)19-31-34(39)38-33(26-15-17-28(45-22(3)4)29(20-26)41-6)32(35(40)43-8-2)23(5)37-36(38)46-31/h9-20,22,33H,7-8,21H2,1-6H3/b31-19-/t33-/m0/s1. The monoisotopic (exact) mass is 642 g/mol. The molecular formula is C36H38N2O7S. The Morgan fingerprint density at radius 1 is 0.957 bits per heavy atom. The van der Waals surface area contributed by atoms with Crippen molar-refractivity contribution in [2.24, 2.45) is 4.99 Å². The predicted octanol–water partition coefficient (Wildman–Crippen LogP) is 5.57. The number of benzene rings is 3. The van der Waals surface area contributed by atoms with E-state index < -0.39 is 12.0 Å². The van der Waals surface area contributed by atoms with Gasteiger partial charge < -0.3 is 23.7 Å². The van der Waals surface area contributed by atoms with Crippen LogP contribution in [0.3, 0.4) is 0 Å². The van der Waals surface area contributed by atoms with Crippen LogP contribution in [0.2, 0.25) is 0 Å². The Balaban J connectivity index is 1.59. The molecule has 5 rings (SSSR count). The molecule has 0 bridgehead atoms. The van der Waals surface area contributed by atoms with Crippen LogP contribution in [-0.2, 0) is 16.1 Å². The van der Waals surface area contributed by atoms with Crippen molar-refractivity contribution in [1.29, 1.82) is 0 Å². The van der Waals surface area contributed by atoms with Crippen LogP contribution in [0.5, 0.6) is 23.0 Å². The number of hydrogen-bond donors (Lipinski definition) is 0. The zero-order valence-electron chi connectivity index (χ0n) is 26.9. The average Bonchev–Trinajstić information content (AvgIpc) is 3.34. The lowest BCUT2D eigenvalue weighted by Gasteiger charge is -2.25. The van der Waals surface area contributed by atoms with Crippen LogP contribution >= 0.6 is 11.3 Å². The number of esters is 1. The van der Waals surface area contributed by atoms with Gasteiger partial charge in [-0.2, -0.15) is 0 Å². The van der Waals surface area contributed by atoms with E-state index in [2.05, 4.69) is 4.99 Å². The molecule has 0 amide bonds. The number of hydrogen-bond acceptors (Lipinski definition) is 9. The first-order chi connectivity index (χ1) is 22.2. The van der Waals surface area contributed by atoms with Gasteiger partial charge in [0.1, 0.15) is 6.61 Å². The fourth-order valence-corrected chi connectivity index (χ4v) is 6.25. The van der Waals surface area contributed by atoms with E-state index >= 15 is 0 Å². The molecule has 1 aromatic heterocycles. The number of aromatic nitrogens is 1. The molecule has 0 saturated heterocycles. The number of ether oxygens (including phenoxy) is 5. The summed E-state index contributed by atoms with van der Waals surface area (Å²) in [7, 11) is 1.56. The highest BCUT2D eigenvalue weighted by atomic mass is 32.1. The Hall–Kier alpha value is -4.83. The van der Waals surface area contributed by atoms with E-state index in [1.807, 2.05) is 75.4 Å². The van der Waals surface area contributed by atoms with Crippen LogP contribution in [0.4, 0.5) is 0 Å². The van der Waals surface area contributed by atoms with Gasteiger partial charge in [0.2, 0.25) is 0 Å². The largest absolute Gasteiger partial charge is 0.493 e. The number of fused-ring (bicyclic) bond motifs is 1. The molecule has 1 aliphatic heterocycles. The molecule has 0 saturated carbocycles. The van der Waals surface area contributed by atoms with Crippen molar-refractivity contribution in [3.05, 3.63) is 114 Å². The third-order valence-electron chi connectivity index (χ3n) is 7.19. The van der Waals surface area contributed by atoms with Crippen molar-refractivity contribution in [2.75, 3.05) is 20.3 Å². The number of allylic oxidation sites excluding steroid dienone is 1. The van der Waals surface area contributed by atoms with Crippen LogP contribution in [-0.4, -0.2) is 37.0 Å². The lowest BCUT2D eigenvalue weighted by Crippen LogP contribution is -2.40. The first-order valence-electron chi connectivity index (χ1n) is 15.2. The number of thiazole rings is 1. The zero-order chi connectivity index (χ0) is 32.8. The molecule has 2 heterocycles. The summed E-state index contributed by atoms with van der Waals surface area (Å²) < 4.78 is 30.9. The van der Waals surface area contributed by atoms with Crippen LogP contribution in [0.25, 0.3) is 6.08 Å². The van der Waals surface area contributed by atoms with Crippen molar-refractivity contribution >= 4 is 23.4 Å². The number of carbonyl (C=O) groups excluding carboxylic acids is 1. The molecule has 0 unspecified atom stereocenters. The first-order valence-corrected chi connectivity index (χ1v) is 16.0. The van der Waals surface area contributed by atoms with Gasteiger partial charge in [-0.05, 0) is 81.7 Å². The third-order valence-corrected chi connectivity index (χ3v) is 8.17. The highest BCUT2D eigenvalue weighted by Crippen LogP contribution is 2.36. The van der Waals surface area contributed by atoms with E-state index in [9.17, 15) is 9.59 Å². The summed E-state index contributed by atoms with van der Waals surface area (Å²) in [6.45, 7) is 10.3. The molecule has 3 aromatic carbocycles. The molecule has 0 radical (unpaired) electrons. The van der Waals surface area contributed by atoms with Crippen molar-refractivity contribution < 1.29 is 28.5 Å². The predicted molar refractivity (Wildman–Crippen MR) is 178 cm³/mol. The second-order valence-corrected chi connectivity index (χ2v) is 11.8. The average molecular weight is 643 g/mol. The quantitative estimate of drug-likeness (QED) is 0.186. The summed E-state index contributed by atoms with van der Waals surface area (Å²) in [4.78, 5) is 32.6. The second kappa shape index (κ2) is 14.5. The summed E-state index contributed by atoms with van der Waals surface area (Å²) in [5.74, 6) is 1.71. The number of nitrogens with zero attached hydrogens (tertiary/aromatic N) is 2. The molecule has 0 aliphatic carbocycles. The SMILES string of the molecule is CCOC(=O)C1=C(C)N=c2s/c(=C\c3ccc(OCc4ccccc4)c(OCC)c3)c(=O)n2[C@H]1c1ccc(OC(C)C)c(OC)c1.